The fraction of sp³-hybridized carbons (Fsp3) is 0.556. The lowest BCUT2D eigenvalue weighted by Gasteiger charge is -2.25. The van der Waals surface area contributed by atoms with E-state index in [4.69, 9.17) is 9.84 Å². The molecule has 0 bridgehead atoms. The van der Waals surface area contributed by atoms with Crippen LogP contribution < -0.4 is 11.2 Å². The van der Waals surface area contributed by atoms with E-state index in [1.54, 1.807) is 22.6 Å². The number of aromatic nitrogens is 2. The van der Waals surface area contributed by atoms with Crippen LogP contribution in [0.4, 0.5) is 4.39 Å². The molecule has 2 rings (SSSR count). The van der Waals surface area contributed by atoms with Crippen LogP contribution in [0.5, 0.6) is 0 Å². The zero-order chi connectivity index (χ0) is 13.5. The Morgan fingerprint density at radius 1 is 1.67 bits per heavy atom. The van der Waals surface area contributed by atoms with Gasteiger partial charge in [-0.05, 0) is 22.6 Å². The molecule has 0 spiro atoms. The molecule has 1 fully saturated rings. The predicted molar refractivity (Wildman–Crippen MR) is 66.0 cm³/mol. The van der Waals surface area contributed by atoms with Crippen molar-refractivity contribution in [2.75, 3.05) is 13.2 Å². The average molecular weight is 372 g/mol. The molecule has 18 heavy (non-hydrogen) atoms. The highest BCUT2D eigenvalue weighted by atomic mass is 127. The number of hydrogen-bond donors (Lipinski definition) is 3. The molecule has 1 aliphatic heterocycles. The van der Waals surface area contributed by atoms with Gasteiger partial charge >= 0.3 is 5.69 Å². The van der Waals surface area contributed by atoms with E-state index in [2.05, 4.69) is 0 Å². The molecule has 0 saturated carbocycles. The van der Waals surface area contributed by atoms with Crippen molar-refractivity contribution in [2.45, 2.75) is 18.0 Å². The summed E-state index contributed by atoms with van der Waals surface area (Å²) in [5.74, 6) is -2.51. The number of alkyl halides is 1. The summed E-state index contributed by atoms with van der Waals surface area (Å²) in [4.78, 5) is 24.7. The highest BCUT2D eigenvalue weighted by molar-refractivity contribution is 14.1. The molecule has 1 aliphatic rings. The van der Waals surface area contributed by atoms with Crippen LogP contribution in [-0.2, 0) is 10.5 Å². The molecule has 100 valence electrons. The van der Waals surface area contributed by atoms with Crippen molar-refractivity contribution in [1.82, 2.24) is 9.55 Å². The van der Waals surface area contributed by atoms with E-state index in [9.17, 15) is 19.1 Å². The second-order valence-corrected chi connectivity index (χ2v) is 5.06. The Kier molecular flexibility index (Phi) is 3.58. The fourth-order valence-electron chi connectivity index (χ4n) is 1.77. The Hall–Kier alpha value is -0.780. The highest BCUT2D eigenvalue weighted by Crippen LogP contribution is 2.32. The third kappa shape index (κ3) is 2.00. The van der Waals surface area contributed by atoms with E-state index in [1.807, 2.05) is 4.98 Å². The molecule has 0 radical (unpaired) electrons. The van der Waals surface area contributed by atoms with Gasteiger partial charge < -0.3 is 14.9 Å². The van der Waals surface area contributed by atoms with Crippen LogP contribution in [0.15, 0.2) is 15.8 Å². The average Bonchev–Trinajstić information content (AvgIpc) is 2.61. The number of aliphatic hydroxyl groups is 2. The lowest BCUT2D eigenvalue weighted by atomic mass is 10.1. The molecule has 1 saturated heterocycles. The van der Waals surface area contributed by atoms with Crippen molar-refractivity contribution in [3.8, 4) is 0 Å². The number of nitrogens with zero attached hydrogens (tertiary/aromatic N) is 1. The minimum atomic E-state index is -2.51. The van der Waals surface area contributed by atoms with Gasteiger partial charge in [0.2, 0.25) is 5.79 Å². The molecule has 3 atom stereocenters. The van der Waals surface area contributed by atoms with E-state index < -0.39 is 42.5 Å². The Labute approximate surface area is 113 Å². The number of halogens is 2. The summed E-state index contributed by atoms with van der Waals surface area (Å²) in [6.45, 7) is -1.15. The number of rotatable bonds is 2. The molecule has 2 heterocycles. The Morgan fingerprint density at radius 2 is 2.33 bits per heavy atom. The van der Waals surface area contributed by atoms with Gasteiger partial charge in [-0.2, -0.15) is 0 Å². The van der Waals surface area contributed by atoms with Gasteiger partial charge in [-0.1, -0.05) is 0 Å². The monoisotopic (exact) mass is 372 g/mol. The van der Waals surface area contributed by atoms with Crippen molar-refractivity contribution in [3.05, 3.63) is 30.6 Å². The molecular weight excluding hydrogens is 362 g/mol. The summed E-state index contributed by atoms with van der Waals surface area (Å²) in [5.41, 5.74) is -1.61. The van der Waals surface area contributed by atoms with Crippen LogP contribution in [0.3, 0.4) is 0 Å². The zero-order valence-corrected chi connectivity index (χ0v) is 11.1. The van der Waals surface area contributed by atoms with Crippen LogP contribution >= 0.6 is 22.6 Å². The summed E-state index contributed by atoms with van der Waals surface area (Å²) >= 11 is 1.64. The molecule has 0 aliphatic carbocycles. The van der Waals surface area contributed by atoms with Gasteiger partial charge in [0.1, 0.15) is 18.8 Å². The highest BCUT2D eigenvalue weighted by Gasteiger charge is 2.52. The van der Waals surface area contributed by atoms with E-state index in [0.29, 0.717) is 4.57 Å². The summed E-state index contributed by atoms with van der Waals surface area (Å²) in [6.07, 6.45) is -1.79. The van der Waals surface area contributed by atoms with Gasteiger partial charge in [0.15, 0.2) is 0 Å². The molecule has 9 heteroatoms. The minimum absolute atomic E-state index is 0.101. The van der Waals surface area contributed by atoms with E-state index in [1.165, 1.54) is 0 Å². The number of nitrogens with one attached hydrogen (secondary N) is 1. The number of hydrogen-bond acceptors (Lipinski definition) is 5. The van der Waals surface area contributed by atoms with Gasteiger partial charge in [-0.25, -0.2) is 9.18 Å². The Bertz CT molecular complexity index is 573. The van der Waals surface area contributed by atoms with Gasteiger partial charge in [0.05, 0.1) is 10.2 Å². The van der Waals surface area contributed by atoms with Crippen LogP contribution in [0, 0.1) is 3.57 Å². The first-order chi connectivity index (χ1) is 8.40. The molecule has 7 nitrogen and oxygen atoms in total. The molecule has 0 aromatic carbocycles. The van der Waals surface area contributed by atoms with Crippen molar-refractivity contribution < 1.29 is 19.3 Å². The predicted octanol–water partition coefficient (Wildman–Crippen LogP) is -1.48. The molecule has 3 N–H and O–H groups in total. The van der Waals surface area contributed by atoms with Crippen molar-refractivity contribution in [2.24, 2.45) is 0 Å². The largest absolute Gasteiger partial charge is 0.394 e. The first kappa shape index (κ1) is 13.6. The second-order valence-electron chi connectivity index (χ2n) is 3.90. The summed E-state index contributed by atoms with van der Waals surface area (Å²) < 4.78 is 20.2. The Morgan fingerprint density at radius 3 is 2.89 bits per heavy atom. The maximum absolute atomic E-state index is 14.6. The first-order valence-electron chi connectivity index (χ1n) is 5.01. The standard InChI is InChI=1S/C9H10FIN2O5/c10-9(3-18-5(2-14)6(9)15)13-1-4(11)7(16)12-8(13)17/h1,5-6,14-15H,2-3H2,(H,12,16,17)/t5-,6-,9+/m1/s1. The lowest BCUT2D eigenvalue weighted by Crippen LogP contribution is -2.50. The summed E-state index contributed by atoms with van der Waals surface area (Å²) in [7, 11) is 0. The second kappa shape index (κ2) is 4.72. The molecule has 1 aromatic rings. The smallest absolute Gasteiger partial charge is 0.331 e. The topological polar surface area (TPSA) is 105 Å². The lowest BCUT2D eigenvalue weighted by molar-refractivity contribution is -0.0511. The van der Waals surface area contributed by atoms with Gasteiger partial charge in [0.25, 0.3) is 5.56 Å². The number of ether oxygens (including phenoxy) is 1. The number of aromatic amines is 1. The zero-order valence-electron chi connectivity index (χ0n) is 8.97. The normalized spacial score (nSPS) is 31.8. The Balaban J connectivity index is 2.52. The van der Waals surface area contributed by atoms with Gasteiger partial charge in [-0.15, -0.1) is 0 Å². The maximum atomic E-state index is 14.6. The van der Waals surface area contributed by atoms with Crippen molar-refractivity contribution >= 4 is 22.6 Å². The molecule has 0 unspecified atom stereocenters. The third-order valence-electron chi connectivity index (χ3n) is 2.78. The summed E-state index contributed by atoms with van der Waals surface area (Å²) in [5, 5.41) is 18.6. The van der Waals surface area contributed by atoms with Crippen LogP contribution in [0.1, 0.15) is 0 Å². The minimum Gasteiger partial charge on any atom is -0.394 e. The fourth-order valence-corrected chi connectivity index (χ4v) is 2.19. The maximum Gasteiger partial charge on any atom is 0.331 e. The van der Waals surface area contributed by atoms with E-state index in [0.717, 1.165) is 6.20 Å². The van der Waals surface area contributed by atoms with Crippen molar-refractivity contribution in [1.29, 1.82) is 0 Å². The van der Waals surface area contributed by atoms with Crippen LogP contribution in [0.25, 0.3) is 0 Å². The van der Waals surface area contributed by atoms with Crippen LogP contribution in [0.2, 0.25) is 0 Å². The SMILES string of the molecule is O=c1[nH]c(=O)n([C@@]2(F)CO[C@H](CO)[C@H]2O)cc1I. The summed E-state index contributed by atoms with van der Waals surface area (Å²) in [6, 6.07) is 0. The third-order valence-corrected chi connectivity index (χ3v) is 3.55. The van der Waals surface area contributed by atoms with Gasteiger partial charge in [-0.3, -0.25) is 14.3 Å². The first-order valence-corrected chi connectivity index (χ1v) is 6.09. The van der Waals surface area contributed by atoms with Crippen molar-refractivity contribution in [3.63, 3.8) is 0 Å². The quantitative estimate of drug-likeness (QED) is 0.550. The van der Waals surface area contributed by atoms with Crippen LogP contribution in [-0.4, -0.2) is 45.2 Å². The van der Waals surface area contributed by atoms with E-state index in [-0.39, 0.29) is 3.57 Å². The molecular formula is C9H10FIN2O5. The van der Waals surface area contributed by atoms with E-state index >= 15 is 0 Å². The molecule has 0 amide bonds. The number of aliphatic hydroxyl groups excluding tert-OH is 2. The number of H-pyrrole nitrogens is 1. The van der Waals surface area contributed by atoms with Gasteiger partial charge in [0, 0.05) is 6.20 Å². The molecule has 1 aromatic heterocycles.